The minimum absolute atomic E-state index is 0.0274. The van der Waals surface area contributed by atoms with Crippen molar-refractivity contribution >= 4 is 17.3 Å². The van der Waals surface area contributed by atoms with Gasteiger partial charge in [0.25, 0.3) is 5.91 Å². The summed E-state index contributed by atoms with van der Waals surface area (Å²) in [6.45, 7) is 7.85. The first-order valence-corrected chi connectivity index (χ1v) is 8.17. The molecule has 22 heavy (non-hydrogen) atoms. The van der Waals surface area contributed by atoms with E-state index in [9.17, 15) is 4.79 Å². The Morgan fingerprint density at radius 2 is 2.00 bits per heavy atom. The van der Waals surface area contributed by atoms with E-state index >= 15 is 0 Å². The fourth-order valence-corrected chi connectivity index (χ4v) is 3.27. The lowest BCUT2D eigenvalue weighted by atomic mass is 10.0. The second-order valence-electron chi connectivity index (χ2n) is 6.52. The van der Waals surface area contributed by atoms with Crippen molar-refractivity contribution in [3.05, 3.63) is 18.2 Å². The molecule has 0 radical (unpaired) electrons. The summed E-state index contributed by atoms with van der Waals surface area (Å²) in [5.41, 5.74) is 7.46. The predicted molar refractivity (Wildman–Crippen MR) is 88.1 cm³/mol. The standard InChI is InChI=1S/C17H25N3O2/c1-12(2)16-17(21)20(11-10-19-8-3-4-9-19)15-13(18)6-5-7-14(15)22-16/h5-7,12,16H,3-4,8-11,18H2,1-2H3. The monoisotopic (exact) mass is 303 g/mol. The van der Waals surface area contributed by atoms with Crippen molar-refractivity contribution in [2.24, 2.45) is 5.92 Å². The van der Waals surface area contributed by atoms with Crippen LogP contribution in [0.5, 0.6) is 5.75 Å². The SMILES string of the molecule is CC(C)C1Oc2cccc(N)c2N(CCN2CCCC2)C1=O. The van der Waals surface area contributed by atoms with E-state index in [4.69, 9.17) is 10.5 Å². The molecule has 1 amide bonds. The molecule has 1 saturated heterocycles. The smallest absolute Gasteiger partial charge is 0.268 e. The van der Waals surface area contributed by atoms with Gasteiger partial charge in [0.2, 0.25) is 0 Å². The number of rotatable bonds is 4. The van der Waals surface area contributed by atoms with Crippen LogP contribution in [0.4, 0.5) is 11.4 Å². The molecule has 2 aliphatic rings. The Kier molecular flexibility index (Phi) is 4.25. The number of nitrogens with zero attached hydrogens (tertiary/aromatic N) is 2. The van der Waals surface area contributed by atoms with Gasteiger partial charge >= 0.3 is 0 Å². The van der Waals surface area contributed by atoms with Crippen molar-refractivity contribution < 1.29 is 9.53 Å². The molecule has 1 aromatic carbocycles. The predicted octanol–water partition coefficient (Wildman–Crippen LogP) is 2.11. The second kappa shape index (κ2) is 6.16. The van der Waals surface area contributed by atoms with Crippen LogP contribution in [0.1, 0.15) is 26.7 Å². The molecule has 1 unspecified atom stereocenters. The number of likely N-dealkylation sites (tertiary alicyclic amines) is 1. The summed E-state index contributed by atoms with van der Waals surface area (Å²) in [6.07, 6.45) is 2.09. The van der Waals surface area contributed by atoms with E-state index < -0.39 is 6.10 Å². The molecule has 0 spiro atoms. The molecule has 0 aromatic heterocycles. The molecule has 0 aliphatic carbocycles. The first-order valence-electron chi connectivity index (χ1n) is 8.17. The van der Waals surface area contributed by atoms with E-state index in [1.165, 1.54) is 12.8 Å². The molecule has 2 heterocycles. The number of anilines is 2. The van der Waals surface area contributed by atoms with Crippen LogP contribution in [0.3, 0.4) is 0 Å². The molecule has 5 heteroatoms. The maximum Gasteiger partial charge on any atom is 0.268 e. The van der Waals surface area contributed by atoms with E-state index in [-0.39, 0.29) is 11.8 Å². The largest absolute Gasteiger partial charge is 0.478 e. The molecule has 0 saturated carbocycles. The number of benzene rings is 1. The van der Waals surface area contributed by atoms with E-state index in [0.717, 1.165) is 31.1 Å². The van der Waals surface area contributed by atoms with Crippen molar-refractivity contribution in [3.63, 3.8) is 0 Å². The van der Waals surface area contributed by atoms with Crippen LogP contribution in [-0.4, -0.2) is 43.1 Å². The van der Waals surface area contributed by atoms with E-state index in [2.05, 4.69) is 4.90 Å². The van der Waals surface area contributed by atoms with Crippen molar-refractivity contribution in [1.82, 2.24) is 4.90 Å². The Morgan fingerprint density at radius 1 is 1.27 bits per heavy atom. The highest BCUT2D eigenvalue weighted by molar-refractivity contribution is 6.03. The van der Waals surface area contributed by atoms with Crippen LogP contribution >= 0.6 is 0 Å². The number of ether oxygens (including phenoxy) is 1. The maximum absolute atomic E-state index is 12.8. The fraction of sp³-hybridized carbons (Fsp3) is 0.588. The molecule has 1 aromatic rings. The molecule has 3 rings (SSSR count). The van der Waals surface area contributed by atoms with Gasteiger partial charge in [-0.05, 0) is 44.0 Å². The summed E-state index contributed by atoms with van der Waals surface area (Å²) in [6, 6.07) is 5.60. The first-order chi connectivity index (χ1) is 10.6. The van der Waals surface area contributed by atoms with Crippen LogP contribution in [0.25, 0.3) is 0 Å². The highest BCUT2D eigenvalue weighted by atomic mass is 16.5. The number of hydrogen-bond acceptors (Lipinski definition) is 4. The van der Waals surface area contributed by atoms with Crippen molar-refractivity contribution in [1.29, 1.82) is 0 Å². The molecule has 1 atom stereocenters. The molecular weight excluding hydrogens is 278 g/mol. The summed E-state index contributed by atoms with van der Waals surface area (Å²) in [7, 11) is 0. The molecule has 2 N–H and O–H groups in total. The third kappa shape index (κ3) is 2.77. The quantitative estimate of drug-likeness (QED) is 0.866. The highest BCUT2D eigenvalue weighted by Crippen LogP contribution is 2.39. The van der Waals surface area contributed by atoms with Crippen LogP contribution in [0.2, 0.25) is 0 Å². The van der Waals surface area contributed by atoms with Crippen LogP contribution in [-0.2, 0) is 4.79 Å². The van der Waals surface area contributed by atoms with Gasteiger partial charge in [-0.15, -0.1) is 0 Å². The number of nitrogen functional groups attached to an aromatic ring is 1. The fourth-order valence-electron chi connectivity index (χ4n) is 3.27. The highest BCUT2D eigenvalue weighted by Gasteiger charge is 2.37. The molecule has 0 bridgehead atoms. The Bertz CT molecular complexity index is 553. The normalized spacial score (nSPS) is 22.0. The molecular formula is C17H25N3O2. The third-order valence-corrected chi connectivity index (χ3v) is 4.51. The topological polar surface area (TPSA) is 58.8 Å². The zero-order chi connectivity index (χ0) is 15.7. The number of hydrogen-bond donors (Lipinski definition) is 1. The molecule has 2 aliphatic heterocycles. The zero-order valence-electron chi connectivity index (χ0n) is 13.4. The number of fused-ring (bicyclic) bond motifs is 1. The first kappa shape index (κ1) is 15.2. The summed E-state index contributed by atoms with van der Waals surface area (Å²) < 4.78 is 5.90. The van der Waals surface area contributed by atoms with Gasteiger partial charge in [-0.1, -0.05) is 19.9 Å². The molecule has 120 valence electrons. The number of nitrogens with two attached hydrogens (primary N) is 1. The number of carbonyl (C=O) groups excluding carboxylic acids is 1. The van der Waals surface area contributed by atoms with Gasteiger partial charge in [0.15, 0.2) is 6.10 Å². The van der Waals surface area contributed by atoms with Gasteiger partial charge in [-0.2, -0.15) is 0 Å². The lowest BCUT2D eigenvalue weighted by Gasteiger charge is -2.37. The van der Waals surface area contributed by atoms with E-state index in [0.29, 0.717) is 12.2 Å². The zero-order valence-corrected chi connectivity index (χ0v) is 13.4. The van der Waals surface area contributed by atoms with E-state index in [1.54, 1.807) is 0 Å². The Balaban J connectivity index is 1.86. The van der Waals surface area contributed by atoms with Crippen LogP contribution in [0.15, 0.2) is 18.2 Å². The average molecular weight is 303 g/mol. The van der Waals surface area contributed by atoms with Gasteiger partial charge in [0.05, 0.1) is 5.69 Å². The summed E-state index contributed by atoms with van der Waals surface area (Å²) in [5, 5.41) is 0. The Labute approximate surface area is 132 Å². The number of amides is 1. The lowest BCUT2D eigenvalue weighted by molar-refractivity contribution is -0.128. The number of carbonyl (C=O) groups is 1. The second-order valence-corrected chi connectivity index (χ2v) is 6.52. The van der Waals surface area contributed by atoms with Crippen molar-refractivity contribution in [2.45, 2.75) is 32.8 Å². The van der Waals surface area contributed by atoms with E-state index in [1.807, 2.05) is 36.9 Å². The van der Waals surface area contributed by atoms with Gasteiger partial charge in [0, 0.05) is 13.1 Å². The maximum atomic E-state index is 12.8. The van der Waals surface area contributed by atoms with Gasteiger partial charge in [0.1, 0.15) is 11.4 Å². The summed E-state index contributed by atoms with van der Waals surface area (Å²) in [4.78, 5) is 17.1. The minimum Gasteiger partial charge on any atom is -0.478 e. The Morgan fingerprint density at radius 3 is 2.68 bits per heavy atom. The minimum atomic E-state index is -0.423. The lowest BCUT2D eigenvalue weighted by Crippen LogP contribution is -2.50. The summed E-state index contributed by atoms with van der Waals surface area (Å²) >= 11 is 0. The molecule has 1 fully saturated rings. The van der Waals surface area contributed by atoms with Crippen LogP contribution in [0, 0.1) is 5.92 Å². The number of para-hydroxylation sites is 1. The third-order valence-electron chi connectivity index (χ3n) is 4.51. The van der Waals surface area contributed by atoms with Crippen LogP contribution < -0.4 is 15.4 Å². The van der Waals surface area contributed by atoms with Crippen molar-refractivity contribution in [2.75, 3.05) is 36.8 Å². The molecule has 5 nitrogen and oxygen atoms in total. The average Bonchev–Trinajstić information content (AvgIpc) is 2.99. The van der Waals surface area contributed by atoms with Gasteiger partial charge in [-0.3, -0.25) is 4.79 Å². The Hall–Kier alpha value is -1.75. The van der Waals surface area contributed by atoms with Crippen molar-refractivity contribution in [3.8, 4) is 5.75 Å². The van der Waals surface area contributed by atoms with Gasteiger partial charge < -0.3 is 20.3 Å². The summed E-state index contributed by atoms with van der Waals surface area (Å²) in [5.74, 6) is 0.885. The van der Waals surface area contributed by atoms with Gasteiger partial charge in [-0.25, -0.2) is 0 Å².